The zero-order valence-corrected chi connectivity index (χ0v) is 15.3. The van der Waals surface area contributed by atoms with Crippen LogP contribution >= 0.6 is 0 Å². The van der Waals surface area contributed by atoms with Gasteiger partial charge in [-0.3, -0.25) is 10.1 Å². The topological polar surface area (TPSA) is 60.2 Å². The first-order valence-electron chi connectivity index (χ1n) is 8.06. The molecule has 2 rings (SSSR count). The van der Waals surface area contributed by atoms with Crippen molar-refractivity contribution in [1.82, 2.24) is 0 Å². The molecule has 2 aromatic carbocycles. The molecule has 2 aromatic rings. The third-order valence-electron chi connectivity index (χ3n) is 4.16. The molecular formula is C19H23NO3Si. The Kier molecular flexibility index (Phi) is 5.67. The molecule has 0 bridgehead atoms. The van der Waals surface area contributed by atoms with Crippen molar-refractivity contribution in [2.75, 3.05) is 6.54 Å². The Morgan fingerprint density at radius 2 is 1.42 bits per heavy atom. The largest absolute Gasteiger partial charge is 0.305 e. The molecule has 126 valence electrons. The third-order valence-corrected chi connectivity index (χ3v) is 5.95. The van der Waals surface area contributed by atoms with Gasteiger partial charge in [0.15, 0.2) is 0 Å². The van der Waals surface area contributed by atoms with E-state index in [1.165, 1.54) is 0 Å². The van der Waals surface area contributed by atoms with Crippen LogP contribution in [0.5, 0.6) is 0 Å². The van der Waals surface area contributed by atoms with E-state index < -0.39 is 19.9 Å². The molecule has 0 spiro atoms. The maximum absolute atomic E-state index is 13.2. The molecule has 0 aliphatic rings. The van der Waals surface area contributed by atoms with Gasteiger partial charge in [0.2, 0.25) is 6.54 Å². The lowest BCUT2D eigenvalue weighted by Gasteiger charge is -2.29. The fourth-order valence-corrected chi connectivity index (χ4v) is 4.26. The highest BCUT2D eigenvalue weighted by Gasteiger charge is 2.40. The lowest BCUT2D eigenvalue weighted by atomic mass is 9.82. The summed E-state index contributed by atoms with van der Waals surface area (Å²) in [5.41, 5.74) is 1.70. The Morgan fingerprint density at radius 3 is 1.83 bits per heavy atom. The number of benzene rings is 2. The van der Waals surface area contributed by atoms with Crippen molar-refractivity contribution in [2.24, 2.45) is 0 Å². The van der Waals surface area contributed by atoms with Gasteiger partial charge >= 0.3 is 0 Å². The van der Waals surface area contributed by atoms with E-state index in [1.807, 2.05) is 80.3 Å². The minimum atomic E-state index is -2.11. The van der Waals surface area contributed by atoms with E-state index in [9.17, 15) is 14.9 Å². The van der Waals surface area contributed by atoms with Gasteiger partial charge in [0.25, 0.3) is 0 Å². The molecule has 24 heavy (non-hydrogen) atoms. The first-order chi connectivity index (χ1) is 11.3. The van der Waals surface area contributed by atoms with Crippen molar-refractivity contribution in [3.8, 4) is 0 Å². The van der Waals surface area contributed by atoms with Crippen LogP contribution in [0, 0.1) is 10.1 Å². The number of carbonyl (C=O) groups is 1. The number of nitrogens with zero attached hydrogens (tertiary/aromatic N) is 1. The quantitative estimate of drug-likeness (QED) is 0.429. The monoisotopic (exact) mass is 341 g/mol. The summed E-state index contributed by atoms with van der Waals surface area (Å²) in [5.74, 6) is -0.937. The summed E-state index contributed by atoms with van der Waals surface area (Å²) in [6.07, 6.45) is 0. The van der Waals surface area contributed by atoms with Gasteiger partial charge in [-0.15, -0.1) is 0 Å². The summed E-state index contributed by atoms with van der Waals surface area (Å²) in [7, 11) is -2.11. The Bertz CT molecular complexity index is 696. The maximum atomic E-state index is 13.2. The molecule has 0 unspecified atom stereocenters. The lowest BCUT2D eigenvalue weighted by molar-refractivity contribution is -0.483. The Hall–Kier alpha value is -2.27. The van der Waals surface area contributed by atoms with Gasteiger partial charge in [0.05, 0.1) is 11.8 Å². The van der Waals surface area contributed by atoms with Gasteiger partial charge in [-0.2, -0.15) is 0 Å². The zero-order valence-electron chi connectivity index (χ0n) is 14.3. The molecule has 0 saturated heterocycles. The van der Waals surface area contributed by atoms with E-state index in [-0.39, 0.29) is 16.9 Å². The fraction of sp³-hybridized carbons (Fsp3) is 0.316. The van der Waals surface area contributed by atoms with Crippen LogP contribution < -0.4 is 0 Å². The fourth-order valence-electron chi connectivity index (χ4n) is 2.96. The van der Waals surface area contributed by atoms with Crippen molar-refractivity contribution < 1.29 is 9.72 Å². The van der Waals surface area contributed by atoms with Gasteiger partial charge in [0, 0.05) is 4.92 Å². The second-order valence-corrected chi connectivity index (χ2v) is 12.0. The van der Waals surface area contributed by atoms with Gasteiger partial charge < -0.3 is 4.79 Å². The molecule has 0 aromatic heterocycles. The highest BCUT2D eigenvalue weighted by atomic mass is 28.3. The van der Waals surface area contributed by atoms with Crippen LogP contribution in [0.25, 0.3) is 0 Å². The van der Waals surface area contributed by atoms with Gasteiger partial charge in [-0.05, 0) is 11.1 Å². The van der Waals surface area contributed by atoms with Crippen LogP contribution in [-0.4, -0.2) is 24.9 Å². The molecule has 0 saturated carbocycles. The molecule has 0 heterocycles. The van der Waals surface area contributed by atoms with Crippen molar-refractivity contribution in [2.45, 2.75) is 31.5 Å². The van der Waals surface area contributed by atoms with Crippen LogP contribution in [0.3, 0.4) is 0 Å². The van der Waals surface area contributed by atoms with Crippen LogP contribution in [0.4, 0.5) is 0 Å². The molecule has 0 aliphatic carbocycles. The lowest BCUT2D eigenvalue weighted by Crippen LogP contribution is -2.41. The minimum absolute atomic E-state index is 0.157. The maximum Gasteiger partial charge on any atom is 0.211 e. The van der Waals surface area contributed by atoms with Crippen LogP contribution in [0.2, 0.25) is 19.6 Å². The van der Waals surface area contributed by atoms with E-state index >= 15 is 0 Å². The summed E-state index contributed by atoms with van der Waals surface area (Å²) < 4.78 is 0. The van der Waals surface area contributed by atoms with Crippen LogP contribution in [-0.2, 0) is 4.79 Å². The average Bonchev–Trinajstić information content (AvgIpc) is 2.55. The van der Waals surface area contributed by atoms with Gasteiger partial charge in [0.1, 0.15) is 13.5 Å². The Balaban J connectivity index is 2.57. The number of rotatable bonds is 7. The van der Waals surface area contributed by atoms with Crippen molar-refractivity contribution >= 4 is 13.5 Å². The van der Waals surface area contributed by atoms with Gasteiger partial charge in [-0.25, -0.2) is 0 Å². The summed E-state index contributed by atoms with van der Waals surface area (Å²) in [6, 6.07) is 18.8. The molecule has 5 heteroatoms. The summed E-state index contributed by atoms with van der Waals surface area (Å²) >= 11 is 0. The average molecular weight is 341 g/mol. The predicted molar refractivity (Wildman–Crippen MR) is 98.6 cm³/mol. The van der Waals surface area contributed by atoms with E-state index in [0.29, 0.717) is 0 Å². The molecule has 0 radical (unpaired) electrons. The van der Waals surface area contributed by atoms with Crippen molar-refractivity contribution in [3.63, 3.8) is 0 Å². The number of nitro groups is 1. The summed E-state index contributed by atoms with van der Waals surface area (Å²) in [5, 5.41) is 11.5. The SMILES string of the molecule is C[Si](C)(C)C(=O)[C@H](c1ccccc1)[C@@H](C[N+](=O)[O-])c1ccccc1. The zero-order chi connectivity index (χ0) is 17.7. The molecule has 0 aliphatic heterocycles. The molecule has 0 N–H and O–H groups in total. The molecule has 0 amide bonds. The third kappa shape index (κ3) is 4.38. The second kappa shape index (κ2) is 7.53. The van der Waals surface area contributed by atoms with E-state index in [4.69, 9.17) is 0 Å². The number of hydrogen-bond donors (Lipinski definition) is 0. The normalized spacial score (nSPS) is 14.0. The highest BCUT2D eigenvalue weighted by Crippen LogP contribution is 2.36. The molecular weight excluding hydrogens is 318 g/mol. The highest BCUT2D eigenvalue weighted by molar-refractivity contribution is 7.04. The van der Waals surface area contributed by atoms with Crippen LogP contribution in [0.15, 0.2) is 60.7 Å². The predicted octanol–water partition coefficient (Wildman–Crippen LogP) is 4.28. The van der Waals surface area contributed by atoms with E-state index in [2.05, 4.69) is 0 Å². The van der Waals surface area contributed by atoms with E-state index in [1.54, 1.807) is 0 Å². The van der Waals surface area contributed by atoms with E-state index in [0.717, 1.165) is 11.1 Å². The number of carbonyl (C=O) groups excluding carboxylic acids is 1. The summed E-state index contributed by atoms with van der Waals surface area (Å²) in [4.78, 5) is 24.2. The molecule has 2 atom stereocenters. The van der Waals surface area contributed by atoms with Crippen molar-refractivity contribution in [3.05, 3.63) is 81.9 Å². The van der Waals surface area contributed by atoms with Gasteiger partial charge in [-0.1, -0.05) is 80.3 Å². The Labute approximate surface area is 143 Å². The first kappa shape index (κ1) is 18.1. The number of hydrogen-bond acceptors (Lipinski definition) is 3. The molecule has 0 fully saturated rings. The summed E-state index contributed by atoms with van der Waals surface area (Å²) in [6.45, 7) is 5.75. The van der Waals surface area contributed by atoms with Crippen molar-refractivity contribution in [1.29, 1.82) is 0 Å². The first-order valence-corrected chi connectivity index (χ1v) is 11.6. The van der Waals surface area contributed by atoms with Crippen LogP contribution in [0.1, 0.15) is 23.0 Å². The minimum Gasteiger partial charge on any atom is -0.305 e. The smallest absolute Gasteiger partial charge is 0.211 e. The Morgan fingerprint density at radius 1 is 0.958 bits per heavy atom. The second-order valence-electron chi connectivity index (χ2n) is 7.04. The molecule has 4 nitrogen and oxygen atoms in total. The standard InChI is InChI=1S/C19H23NO3Si/c1-24(2,3)19(21)18(16-12-8-5-9-13-16)17(14-20(22)23)15-10-6-4-7-11-15/h4-13,17-18H,14H2,1-3H3/t17-,18+/m0/s1.